The highest BCUT2D eigenvalue weighted by Gasteiger charge is 2.19. The summed E-state index contributed by atoms with van der Waals surface area (Å²) in [7, 11) is 1.62. The molecule has 1 aromatic rings. The van der Waals surface area contributed by atoms with E-state index in [2.05, 4.69) is 4.90 Å². The maximum absolute atomic E-state index is 10.2. The van der Waals surface area contributed by atoms with Crippen LogP contribution in [-0.2, 0) is 4.74 Å². The van der Waals surface area contributed by atoms with E-state index in [1.54, 1.807) is 7.11 Å². The Morgan fingerprint density at radius 2 is 2.26 bits per heavy atom. The van der Waals surface area contributed by atoms with E-state index in [-0.39, 0.29) is 12.7 Å². The summed E-state index contributed by atoms with van der Waals surface area (Å²) in [6.45, 7) is 7.26. The summed E-state index contributed by atoms with van der Waals surface area (Å²) < 4.78 is 16.6. The van der Waals surface area contributed by atoms with Gasteiger partial charge in [-0.25, -0.2) is 0 Å². The molecule has 0 spiro atoms. The zero-order valence-corrected chi connectivity index (χ0v) is 14.2. The van der Waals surface area contributed by atoms with Crippen molar-refractivity contribution in [1.29, 1.82) is 0 Å². The van der Waals surface area contributed by atoms with E-state index in [4.69, 9.17) is 14.2 Å². The lowest BCUT2D eigenvalue weighted by Crippen LogP contribution is -2.45. The van der Waals surface area contributed by atoms with Gasteiger partial charge in [-0.05, 0) is 31.5 Å². The molecular formula is C18H27NO4. The molecule has 1 fully saturated rings. The minimum absolute atomic E-state index is 0.219. The molecule has 2 rings (SSSR count). The van der Waals surface area contributed by atoms with Crippen molar-refractivity contribution in [2.75, 3.05) is 40.0 Å². The highest BCUT2D eigenvalue weighted by atomic mass is 16.5. The fourth-order valence-electron chi connectivity index (χ4n) is 2.69. The topological polar surface area (TPSA) is 51.2 Å². The van der Waals surface area contributed by atoms with Gasteiger partial charge in [0.2, 0.25) is 0 Å². The molecule has 1 heterocycles. The lowest BCUT2D eigenvalue weighted by molar-refractivity contribution is -0.0361. The third-order valence-corrected chi connectivity index (χ3v) is 3.77. The molecule has 0 saturated carbocycles. The first-order valence-corrected chi connectivity index (χ1v) is 8.08. The van der Waals surface area contributed by atoms with E-state index in [1.807, 2.05) is 44.2 Å². The second-order valence-electron chi connectivity index (χ2n) is 5.82. The molecule has 1 aliphatic rings. The average molecular weight is 321 g/mol. The second-order valence-corrected chi connectivity index (χ2v) is 5.82. The minimum Gasteiger partial charge on any atom is -0.493 e. The number of rotatable bonds is 7. The summed E-state index contributed by atoms with van der Waals surface area (Å²) >= 11 is 0. The predicted octanol–water partition coefficient (Wildman–Crippen LogP) is 2.19. The maximum atomic E-state index is 10.2. The molecule has 5 heteroatoms. The van der Waals surface area contributed by atoms with Crippen LogP contribution in [0.1, 0.15) is 19.4 Å². The maximum Gasteiger partial charge on any atom is 0.161 e. The molecule has 2 atom stereocenters. The van der Waals surface area contributed by atoms with Crippen LogP contribution in [0.3, 0.4) is 0 Å². The van der Waals surface area contributed by atoms with Crippen molar-refractivity contribution in [2.24, 2.45) is 0 Å². The van der Waals surface area contributed by atoms with Gasteiger partial charge in [0.05, 0.1) is 19.8 Å². The Balaban J connectivity index is 1.87. The van der Waals surface area contributed by atoms with Crippen LogP contribution in [0.15, 0.2) is 24.3 Å². The van der Waals surface area contributed by atoms with Crippen molar-refractivity contribution in [3.63, 3.8) is 0 Å². The summed E-state index contributed by atoms with van der Waals surface area (Å²) in [5.41, 5.74) is 1.06. The van der Waals surface area contributed by atoms with Crippen molar-refractivity contribution in [1.82, 2.24) is 4.90 Å². The quantitative estimate of drug-likeness (QED) is 0.834. The van der Waals surface area contributed by atoms with Gasteiger partial charge in [0, 0.05) is 19.6 Å². The molecule has 0 amide bonds. The number of methoxy groups -OCH3 is 1. The third kappa shape index (κ3) is 5.53. The standard InChI is InChI=1S/C18H27NO4/c1-4-5-15-6-7-17(18(10-15)21-3)23-13-16(20)12-19-8-9-22-14(2)11-19/h4-7,10,14,16,20H,8-9,11-13H2,1-3H3/b5-4+. The van der Waals surface area contributed by atoms with E-state index < -0.39 is 6.10 Å². The highest BCUT2D eigenvalue weighted by Crippen LogP contribution is 2.28. The Morgan fingerprint density at radius 3 is 2.96 bits per heavy atom. The van der Waals surface area contributed by atoms with Gasteiger partial charge >= 0.3 is 0 Å². The monoisotopic (exact) mass is 321 g/mol. The van der Waals surface area contributed by atoms with Gasteiger partial charge in [0.15, 0.2) is 11.5 Å². The van der Waals surface area contributed by atoms with Gasteiger partial charge in [0.1, 0.15) is 12.7 Å². The number of aliphatic hydroxyl groups is 1. The summed E-state index contributed by atoms with van der Waals surface area (Å²) in [6.07, 6.45) is 3.65. The van der Waals surface area contributed by atoms with Gasteiger partial charge in [-0.2, -0.15) is 0 Å². The molecule has 23 heavy (non-hydrogen) atoms. The number of allylic oxidation sites excluding steroid dienone is 1. The zero-order chi connectivity index (χ0) is 16.7. The number of morpholine rings is 1. The number of hydrogen-bond acceptors (Lipinski definition) is 5. The number of ether oxygens (including phenoxy) is 3. The van der Waals surface area contributed by atoms with Crippen LogP contribution in [0.5, 0.6) is 11.5 Å². The Morgan fingerprint density at radius 1 is 1.43 bits per heavy atom. The van der Waals surface area contributed by atoms with E-state index in [0.717, 1.165) is 25.3 Å². The normalized spacial score (nSPS) is 20.6. The molecule has 1 aliphatic heterocycles. The number of aliphatic hydroxyl groups excluding tert-OH is 1. The van der Waals surface area contributed by atoms with Crippen LogP contribution < -0.4 is 9.47 Å². The fourth-order valence-corrected chi connectivity index (χ4v) is 2.69. The highest BCUT2D eigenvalue weighted by molar-refractivity contribution is 5.55. The van der Waals surface area contributed by atoms with Crippen LogP contribution in [0.2, 0.25) is 0 Å². The second kappa shape index (κ2) is 8.91. The van der Waals surface area contributed by atoms with Crippen molar-refractivity contribution in [3.8, 4) is 11.5 Å². The lowest BCUT2D eigenvalue weighted by Gasteiger charge is -2.32. The summed E-state index contributed by atoms with van der Waals surface area (Å²) in [5.74, 6) is 1.32. The number of hydrogen-bond donors (Lipinski definition) is 1. The molecule has 5 nitrogen and oxygen atoms in total. The lowest BCUT2D eigenvalue weighted by atomic mass is 10.2. The van der Waals surface area contributed by atoms with E-state index in [1.165, 1.54) is 0 Å². The summed E-state index contributed by atoms with van der Waals surface area (Å²) in [6, 6.07) is 5.76. The molecular weight excluding hydrogens is 294 g/mol. The predicted molar refractivity (Wildman–Crippen MR) is 91.1 cm³/mol. The number of nitrogens with zero attached hydrogens (tertiary/aromatic N) is 1. The number of β-amino-alcohol motifs (C(OH)–C–C–N with tert-alkyl or cyclic N) is 1. The first-order chi connectivity index (χ1) is 11.1. The van der Waals surface area contributed by atoms with Gasteiger partial charge in [-0.1, -0.05) is 18.2 Å². The molecule has 0 aromatic heterocycles. The van der Waals surface area contributed by atoms with Gasteiger partial charge in [0.25, 0.3) is 0 Å². The Kier molecular flexibility index (Phi) is 6.89. The number of benzene rings is 1. The van der Waals surface area contributed by atoms with Crippen molar-refractivity contribution < 1.29 is 19.3 Å². The van der Waals surface area contributed by atoms with E-state index >= 15 is 0 Å². The van der Waals surface area contributed by atoms with Crippen LogP contribution in [0.25, 0.3) is 6.08 Å². The Labute approximate surface area is 138 Å². The zero-order valence-electron chi connectivity index (χ0n) is 14.2. The molecule has 0 aliphatic carbocycles. The van der Waals surface area contributed by atoms with Crippen molar-refractivity contribution in [2.45, 2.75) is 26.1 Å². The fraction of sp³-hybridized carbons (Fsp3) is 0.556. The van der Waals surface area contributed by atoms with Crippen LogP contribution in [0, 0.1) is 0 Å². The molecule has 0 radical (unpaired) electrons. The third-order valence-electron chi connectivity index (χ3n) is 3.77. The molecule has 128 valence electrons. The molecule has 0 bridgehead atoms. The van der Waals surface area contributed by atoms with Crippen molar-refractivity contribution >= 4 is 6.08 Å². The molecule has 2 unspecified atom stereocenters. The first kappa shape index (κ1) is 17.8. The van der Waals surface area contributed by atoms with Crippen LogP contribution in [-0.4, -0.2) is 62.2 Å². The van der Waals surface area contributed by atoms with Crippen LogP contribution in [0.4, 0.5) is 0 Å². The first-order valence-electron chi connectivity index (χ1n) is 8.08. The van der Waals surface area contributed by atoms with Gasteiger partial charge in [-0.3, -0.25) is 4.90 Å². The van der Waals surface area contributed by atoms with Gasteiger partial charge < -0.3 is 19.3 Å². The summed E-state index contributed by atoms with van der Waals surface area (Å²) in [5, 5.41) is 10.2. The Hall–Kier alpha value is -1.56. The average Bonchev–Trinajstić information content (AvgIpc) is 2.54. The molecule has 1 saturated heterocycles. The smallest absolute Gasteiger partial charge is 0.161 e. The largest absolute Gasteiger partial charge is 0.493 e. The van der Waals surface area contributed by atoms with Crippen molar-refractivity contribution in [3.05, 3.63) is 29.8 Å². The van der Waals surface area contributed by atoms with Gasteiger partial charge in [-0.15, -0.1) is 0 Å². The summed E-state index contributed by atoms with van der Waals surface area (Å²) in [4.78, 5) is 2.20. The molecule has 1 aromatic carbocycles. The van der Waals surface area contributed by atoms with E-state index in [0.29, 0.717) is 18.0 Å². The van der Waals surface area contributed by atoms with Crippen LogP contribution >= 0.6 is 0 Å². The minimum atomic E-state index is -0.541. The van der Waals surface area contributed by atoms with E-state index in [9.17, 15) is 5.11 Å². The molecule has 1 N–H and O–H groups in total. The Bertz CT molecular complexity index is 518. The SMILES string of the molecule is C/C=C/c1ccc(OCC(O)CN2CCOC(C)C2)c(OC)c1.